The molecule has 5 aromatic rings. The molecule has 0 amide bonds. The molecule has 5 rings (SSSR count). The van der Waals surface area contributed by atoms with E-state index in [1.165, 1.54) is 11.3 Å². The second-order valence-electron chi connectivity index (χ2n) is 6.64. The number of aromatic nitrogens is 3. The molecule has 31 heavy (non-hydrogen) atoms. The fourth-order valence-electron chi connectivity index (χ4n) is 3.18. The summed E-state index contributed by atoms with van der Waals surface area (Å²) in [6, 6.07) is 14.3. The zero-order valence-electron chi connectivity index (χ0n) is 16.2. The smallest absolute Gasteiger partial charge is 0.345 e. The van der Waals surface area contributed by atoms with Crippen LogP contribution in [0.1, 0.15) is 10.9 Å². The summed E-state index contributed by atoms with van der Waals surface area (Å²) in [7, 11) is 1.59. The Morgan fingerprint density at radius 1 is 1.10 bits per heavy atom. The van der Waals surface area contributed by atoms with E-state index in [-0.39, 0.29) is 0 Å². The summed E-state index contributed by atoms with van der Waals surface area (Å²) in [6.07, 6.45) is 0.345. The summed E-state index contributed by atoms with van der Waals surface area (Å²) < 4.78 is 16.1. The van der Waals surface area contributed by atoms with Crippen molar-refractivity contribution in [2.45, 2.75) is 6.42 Å². The second kappa shape index (κ2) is 7.98. The number of ether oxygens (including phenoxy) is 1. The quantitative estimate of drug-likeness (QED) is 0.338. The summed E-state index contributed by atoms with van der Waals surface area (Å²) in [5.74, 6) is 1.52. The Bertz CT molecular complexity index is 1460. The highest BCUT2D eigenvalue weighted by Gasteiger charge is 2.16. The molecule has 0 aliphatic carbocycles. The standard InChI is InChI=1S/C22H14ClN3O4S/c1-28-18-5-3-2-4-14(18)21-25-19(30-26-21)10-20-24-16(11-31-20)15-9-12-8-13(23)6-7-17(12)29-22(15)27/h2-9,11H,10H2,1H3. The van der Waals surface area contributed by atoms with Crippen LogP contribution in [0.5, 0.6) is 5.75 Å². The number of methoxy groups -OCH3 is 1. The maximum absolute atomic E-state index is 12.4. The van der Waals surface area contributed by atoms with Gasteiger partial charge >= 0.3 is 5.63 Å². The molecule has 0 saturated carbocycles. The molecule has 9 heteroatoms. The number of hydrogen-bond donors (Lipinski definition) is 0. The van der Waals surface area contributed by atoms with Gasteiger partial charge in [-0.3, -0.25) is 0 Å². The van der Waals surface area contributed by atoms with Gasteiger partial charge in [0.15, 0.2) is 0 Å². The van der Waals surface area contributed by atoms with E-state index in [0.29, 0.717) is 45.7 Å². The van der Waals surface area contributed by atoms with Crippen molar-refractivity contribution in [2.24, 2.45) is 0 Å². The molecule has 0 unspecified atom stereocenters. The molecule has 0 fully saturated rings. The molecule has 3 heterocycles. The normalized spacial score (nSPS) is 11.2. The third-order valence-corrected chi connectivity index (χ3v) is 5.72. The molecular formula is C22H14ClN3O4S. The molecule has 3 aromatic heterocycles. The van der Waals surface area contributed by atoms with Gasteiger partial charge in [-0.2, -0.15) is 4.98 Å². The van der Waals surface area contributed by atoms with Gasteiger partial charge in [0.05, 0.1) is 30.4 Å². The third-order valence-electron chi connectivity index (χ3n) is 4.64. The number of nitrogens with zero attached hydrogens (tertiary/aromatic N) is 3. The zero-order valence-corrected chi connectivity index (χ0v) is 17.7. The minimum atomic E-state index is -0.456. The van der Waals surface area contributed by atoms with Crippen molar-refractivity contribution in [3.05, 3.63) is 80.3 Å². The number of rotatable bonds is 5. The van der Waals surface area contributed by atoms with Gasteiger partial charge in [0.1, 0.15) is 16.3 Å². The Kier molecular flexibility index (Phi) is 5.01. The summed E-state index contributed by atoms with van der Waals surface area (Å²) in [4.78, 5) is 21.4. The van der Waals surface area contributed by atoms with Crippen molar-refractivity contribution in [1.29, 1.82) is 0 Å². The lowest BCUT2D eigenvalue weighted by atomic mass is 10.1. The maximum Gasteiger partial charge on any atom is 0.345 e. The summed E-state index contributed by atoms with van der Waals surface area (Å²) in [6.45, 7) is 0. The van der Waals surface area contributed by atoms with Gasteiger partial charge in [-0.25, -0.2) is 9.78 Å². The average Bonchev–Trinajstić information content (AvgIpc) is 3.43. The molecule has 0 aliphatic rings. The first-order valence-electron chi connectivity index (χ1n) is 9.25. The van der Waals surface area contributed by atoms with Crippen LogP contribution < -0.4 is 10.4 Å². The summed E-state index contributed by atoms with van der Waals surface area (Å²) >= 11 is 7.45. The molecule has 2 aromatic carbocycles. The lowest BCUT2D eigenvalue weighted by Crippen LogP contribution is -2.03. The Balaban J connectivity index is 1.42. The number of benzene rings is 2. The Morgan fingerprint density at radius 3 is 2.84 bits per heavy atom. The molecule has 0 radical (unpaired) electrons. The number of thiazole rings is 1. The topological polar surface area (TPSA) is 91.3 Å². The van der Waals surface area contributed by atoms with Gasteiger partial charge in [0.2, 0.25) is 11.7 Å². The van der Waals surface area contributed by atoms with Crippen molar-refractivity contribution >= 4 is 33.9 Å². The molecule has 0 spiro atoms. The van der Waals surface area contributed by atoms with Crippen LogP contribution in [0, 0.1) is 0 Å². The van der Waals surface area contributed by atoms with E-state index in [2.05, 4.69) is 15.1 Å². The van der Waals surface area contributed by atoms with Crippen LogP contribution in [0.2, 0.25) is 5.02 Å². The Hall–Kier alpha value is -3.49. The first-order valence-corrected chi connectivity index (χ1v) is 10.5. The highest BCUT2D eigenvalue weighted by atomic mass is 35.5. The van der Waals surface area contributed by atoms with Crippen molar-refractivity contribution in [3.63, 3.8) is 0 Å². The van der Waals surface area contributed by atoms with E-state index in [4.69, 9.17) is 25.3 Å². The Labute approximate surface area is 184 Å². The first-order chi connectivity index (χ1) is 15.1. The molecule has 0 aliphatic heterocycles. The SMILES string of the molecule is COc1ccccc1-c1noc(Cc2nc(-c3cc4cc(Cl)ccc4oc3=O)cs2)n1. The summed E-state index contributed by atoms with van der Waals surface area (Å²) in [5, 5.41) is 7.87. The van der Waals surface area contributed by atoms with Crippen LogP contribution in [0.4, 0.5) is 0 Å². The van der Waals surface area contributed by atoms with Crippen LogP contribution >= 0.6 is 22.9 Å². The van der Waals surface area contributed by atoms with E-state index in [1.54, 1.807) is 36.8 Å². The zero-order chi connectivity index (χ0) is 21.4. The monoisotopic (exact) mass is 451 g/mol. The first kappa shape index (κ1) is 19.5. The predicted molar refractivity (Wildman–Crippen MR) is 118 cm³/mol. The van der Waals surface area contributed by atoms with Crippen LogP contribution in [0.3, 0.4) is 0 Å². The van der Waals surface area contributed by atoms with Gasteiger partial charge in [0.25, 0.3) is 0 Å². The van der Waals surface area contributed by atoms with E-state index in [1.807, 2.05) is 24.3 Å². The largest absolute Gasteiger partial charge is 0.496 e. The number of halogens is 1. The van der Waals surface area contributed by atoms with Crippen molar-refractivity contribution < 1.29 is 13.7 Å². The van der Waals surface area contributed by atoms with Crippen molar-refractivity contribution in [3.8, 4) is 28.4 Å². The van der Waals surface area contributed by atoms with Gasteiger partial charge in [0, 0.05) is 15.8 Å². The lowest BCUT2D eigenvalue weighted by Gasteiger charge is -2.02. The lowest BCUT2D eigenvalue weighted by molar-refractivity contribution is 0.384. The van der Waals surface area contributed by atoms with E-state index in [0.717, 1.165) is 16.0 Å². The minimum absolute atomic E-state index is 0.345. The van der Waals surface area contributed by atoms with Gasteiger partial charge in [-0.1, -0.05) is 28.9 Å². The van der Waals surface area contributed by atoms with Crippen LogP contribution in [0.15, 0.2) is 67.6 Å². The molecule has 0 atom stereocenters. The van der Waals surface area contributed by atoms with E-state index in [9.17, 15) is 4.79 Å². The van der Waals surface area contributed by atoms with Crippen LogP contribution in [0.25, 0.3) is 33.6 Å². The molecule has 7 nitrogen and oxygen atoms in total. The minimum Gasteiger partial charge on any atom is -0.496 e. The highest BCUT2D eigenvalue weighted by Crippen LogP contribution is 2.28. The van der Waals surface area contributed by atoms with E-state index >= 15 is 0 Å². The number of para-hydroxylation sites is 1. The van der Waals surface area contributed by atoms with E-state index < -0.39 is 5.63 Å². The molecule has 0 bridgehead atoms. The fraction of sp³-hybridized carbons (Fsp3) is 0.0909. The predicted octanol–water partition coefficient (Wildman–Crippen LogP) is 5.22. The fourth-order valence-corrected chi connectivity index (χ4v) is 4.15. The maximum atomic E-state index is 12.4. The highest BCUT2D eigenvalue weighted by molar-refractivity contribution is 7.10. The number of hydrogen-bond acceptors (Lipinski definition) is 8. The van der Waals surface area contributed by atoms with Gasteiger partial charge in [-0.05, 0) is 36.4 Å². The summed E-state index contributed by atoms with van der Waals surface area (Å²) in [5.41, 5.74) is 1.66. The second-order valence-corrected chi connectivity index (χ2v) is 8.02. The molecule has 0 N–H and O–H groups in total. The average molecular weight is 452 g/mol. The molecular weight excluding hydrogens is 438 g/mol. The number of fused-ring (bicyclic) bond motifs is 1. The van der Waals surface area contributed by atoms with Crippen LogP contribution in [-0.2, 0) is 6.42 Å². The Morgan fingerprint density at radius 2 is 1.97 bits per heavy atom. The third kappa shape index (κ3) is 3.83. The van der Waals surface area contributed by atoms with Crippen molar-refractivity contribution in [2.75, 3.05) is 7.11 Å². The van der Waals surface area contributed by atoms with Crippen LogP contribution in [-0.4, -0.2) is 22.2 Å². The molecule has 154 valence electrons. The molecule has 0 saturated heterocycles. The van der Waals surface area contributed by atoms with Crippen molar-refractivity contribution in [1.82, 2.24) is 15.1 Å². The van der Waals surface area contributed by atoms with Gasteiger partial charge in [-0.15, -0.1) is 11.3 Å². The van der Waals surface area contributed by atoms with Gasteiger partial charge < -0.3 is 13.7 Å².